The minimum Gasteiger partial charge on any atom is -0.472 e. The Morgan fingerprint density at radius 1 is 1.56 bits per heavy atom. The molecule has 3 nitrogen and oxygen atoms in total. The Labute approximate surface area is 95.7 Å². The van der Waals surface area contributed by atoms with Gasteiger partial charge in [0.15, 0.2) is 0 Å². The van der Waals surface area contributed by atoms with Crippen molar-refractivity contribution >= 4 is 0 Å². The maximum absolute atomic E-state index is 10.3. The fraction of sp³-hybridized carbons (Fsp3) is 0.615. The lowest BCUT2D eigenvalue weighted by atomic mass is 9.67. The summed E-state index contributed by atoms with van der Waals surface area (Å²) >= 11 is 0. The van der Waals surface area contributed by atoms with Crippen LogP contribution in [0.2, 0.25) is 0 Å². The molecule has 1 aliphatic carbocycles. The summed E-state index contributed by atoms with van der Waals surface area (Å²) in [5, 5.41) is 19.6. The zero-order chi connectivity index (χ0) is 11.6. The smallest absolute Gasteiger partial charge is 0.101 e. The highest BCUT2D eigenvalue weighted by molar-refractivity contribution is 5.19. The lowest BCUT2D eigenvalue weighted by Crippen LogP contribution is -2.31. The zero-order valence-corrected chi connectivity index (χ0v) is 9.52. The maximum atomic E-state index is 10.3. The average Bonchev–Trinajstić information content (AvgIpc) is 2.83. The minimum absolute atomic E-state index is 0.615. The molecule has 1 aromatic rings. The van der Waals surface area contributed by atoms with E-state index in [1.165, 1.54) is 12.5 Å². The highest BCUT2D eigenvalue weighted by Crippen LogP contribution is 2.47. The van der Waals surface area contributed by atoms with Crippen molar-refractivity contribution in [1.82, 2.24) is 0 Å². The van der Waals surface area contributed by atoms with Gasteiger partial charge in [-0.1, -0.05) is 6.92 Å². The van der Waals surface area contributed by atoms with Crippen molar-refractivity contribution in [3.63, 3.8) is 0 Å². The molecular weight excluding hydrogens is 202 g/mol. The minimum atomic E-state index is -0.719. The summed E-state index contributed by atoms with van der Waals surface area (Å²) in [6.45, 7) is 2.20. The van der Waals surface area contributed by atoms with Gasteiger partial charge >= 0.3 is 0 Å². The van der Waals surface area contributed by atoms with Crippen LogP contribution < -0.4 is 0 Å². The lowest BCUT2D eigenvalue weighted by molar-refractivity contribution is 0.0262. The average molecular weight is 219 g/mol. The molecule has 1 aliphatic rings. The van der Waals surface area contributed by atoms with Crippen molar-refractivity contribution in [2.45, 2.75) is 38.7 Å². The van der Waals surface area contributed by atoms with Gasteiger partial charge < -0.3 is 9.52 Å². The van der Waals surface area contributed by atoms with Gasteiger partial charge in [-0.15, -0.1) is 0 Å². The second-order valence-corrected chi connectivity index (χ2v) is 4.91. The number of furan rings is 1. The van der Waals surface area contributed by atoms with Gasteiger partial charge in [-0.3, -0.25) is 0 Å². The van der Waals surface area contributed by atoms with E-state index in [1.54, 1.807) is 6.07 Å². The quantitative estimate of drug-likeness (QED) is 0.831. The van der Waals surface area contributed by atoms with Gasteiger partial charge in [0.1, 0.15) is 6.10 Å². The van der Waals surface area contributed by atoms with Crippen molar-refractivity contribution < 1.29 is 9.52 Å². The van der Waals surface area contributed by atoms with Crippen molar-refractivity contribution in [2.75, 3.05) is 0 Å². The van der Waals surface area contributed by atoms with Crippen LogP contribution in [0.3, 0.4) is 0 Å². The monoisotopic (exact) mass is 219 g/mol. The van der Waals surface area contributed by atoms with Crippen LogP contribution in [0.1, 0.15) is 44.3 Å². The highest BCUT2D eigenvalue weighted by atomic mass is 16.3. The van der Waals surface area contributed by atoms with E-state index in [1.807, 2.05) is 0 Å². The first-order chi connectivity index (χ1) is 7.68. The van der Waals surface area contributed by atoms with Crippen LogP contribution in [-0.4, -0.2) is 5.11 Å². The molecule has 0 amide bonds. The molecule has 0 bridgehead atoms. The number of rotatable bonds is 2. The van der Waals surface area contributed by atoms with Crippen LogP contribution >= 0.6 is 0 Å². The Morgan fingerprint density at radius 2 is 2.25 bits per heavy atom. The largest absolute Gasteiger partial charge is 0.472 e. The van der Waals surface area contributed by atoms with E-state index in [-0.39, 0.29) is 0 Å². The summed E-state index contributed by atoms with van der Waals surface area (Å²) in [7, 11) is 0. The van der Waals surface area contributed by atoms with E-state index in [0.717, 1.165) is 31.2 Å². The van der Waals surface area contributed by atoms with Crippen LogP contribution in [-0.2, 0) is 0 Å². The first-order valence-corrected chi connectivity index (χ1v) is 5.79. The summed E-state index contributed by atoms with van der Waals surface area (Å²) in [5.41, 5.74) is 0.104. The summed E-state index contributed by atoms with van der Waals surface area (Å²) in [6, 6.07) is 4.07. The molecule has 0 aliphatic heterocycles. The molecule has 2 rings (SSSR count). The van der Waals surface area contributed by atoms with Crippen molar-refractivity contribution in [2.24, 2.45) is 11.3 Å². The fourth-order valence-electron chi connectivity index (χ4n) is 2.47. The predicted molar refractivity (Wildman–Crippen MR) is 59.3 cm³/mol. The predicted octanol–water partition coefficient (Wildman–Crippen LogP) is 3.03. The molecule has 0 spiro atoms. The van der Waals surface area contributed by atoms with Crippen LogP contribution in [0.4, 0.5) is 0 Å². The third kappa shape index (κ3) is 1.85. The Hall–Kier alpha value is -1.27. The van der Waals surface area contributed by atoms with Crippen molar-refractivity contribution in [3.8, 4) is 6.07 Å². The molecule has 1 fully saturated rings. The van der Waals surface area contributed by atoms with Crippen LogP contribution in [0, 0.1) is 22.7 Å². The number of aliphatic hydroxyl groups excluding tert-OH is 1. The lowest BCUT2D eigenvalue weighted by Gasteiger charge is -2.36. The van der Waals surface area contributed by atoms with Gasteiger partial charge in [0, 0.05) is 5.56 Å². The number of nitrogens with zero attached hydrogens (tertiary/aromatic N) is 1. The molecular formula is C13H17NO2. The van der Waals surface area contributed by atoms with Gasteiger partial charge in [0.2, 0.25) is 0 Å². The second-order valence-electron chi connectivity index (χ2n) is 4.91. The van der Waals surface area contributed by atoms with Gasteiger partial charge in [-0.05, 0) is 37.7 Å². The van der Waals surface area contributed by atoms with Gasteiger partial charge in [-0.25, -0.2) is 0 Å². The Balaban J connectivity index is 2.19. The standard InChI is InChI=1S/C13H17NO2/c1-10-2-5-13(9-14,6-3-10)12(15)11-4-7-16-8-11/h4,7-8,10,12,15H,2-3,5-6H2,1H3. The molecule has 1 aromatic heterocycles. The van der Waals surface area contributed by atoms with Crippen molar-refractivity contribution in [1.29, 1.82) is 5.26 Å². The molecule has 1 atom stereocenters. The van der Waals surface area contributed by atoms with E-state index in [4.69, 9.17) is 4.42 Å². The van der Waals surface area contributed by atoms with Crippen LogP contribution in [0.15, 0.2) is 23.0 Å². The van der Waals surface area contributed by atoms with E-state index in [0.29, 0.717) is 5.92 Å². The molecule has 0 saturated heterocycles. The Bertz CT molecular complexity index is 369. The third-order valence-corrected chi connectivity index (χ3v) is 3.77. The fourth-order valence-corrected chi connectivity index (χ4v) is 2.47. The number of hydrogen-bond acceptors (Lipinski definition) is 3. The number of nitriles is 1. The van der Waals surface area contributed by atoms with Gasteiger partial charge in [-0.2, -0.15) is 5.26 Å². The van der Waals surface area contributed by atoms with E-state index in [2.05, 4.69) is 13.0 Å². The Morgan fingerprint density at radius 3 is 2.75 bits per heavy atom. The Kier molecular flexibility index (Phi) is 3.02. The summed E-state index contributed by atoms with van der Waals surface area (Å²) in [4.78, 5) is 0. The van der Waals surface area contributed by atoms with Crippen LogP contribution in [0.25, 0.3) is 0 Å². The number of hydrogen-bond donors (Lipinski definition) is 1. The summed E-state index contributed by atoms with van der Waals surface area (Å²) in [6.07, 6.45) is 5.93. The number of aliphatic hydroxyl groups is 1. The molecule has 0 aromatic carbocycles. The molecule has 1 saturated carbocycles. The second kappa shape index (κ2) is 4.31. The molecule has 1 N–H and O–H groups in total. The molecule has 1 unspecified atom stereocenters. The first-order valence-electron chi connectivity index (χ1n) is 5.79. The summed E-state index contributed by atoms with van der Waals surface area (Å²) in [5.74, 6) is 0.665. The third-order valence-electron chi connectivity index (χ3n) is 3.77. The van der Waals surface area contributed by atoms with E-state index in [9.17, 15) is 10.4 Å². The topological polar surface area (TPSA) is 57.2 Å². The maximum Gasteiger partial charge on any atom is 0.101 e. The van der Waals surface area contributed by atoms with E-state index < -0.39 is 11.5 Å². The molecule has 86 valence electrons. The normalized spacial score (nSPS) is 31.9. The molecule has 16 heavy (non-hydrogen) atoms. The van der Waals surface area contributed by atoms with Gasteiger partial charge in [0.25, 0.3) is 0 Å². The molecule has 3 heteroatoms. The van der Waals surface area contributed by atoms with E-state index >= 15 is 0 Å². The molecule has 1 heterocycles. The SMILES string of the molecule is CC1CCC(C#N)(C(O)c2ccoc2)CC1. The van der Waals surface area contributed by atoms with Gasteiger partial charge in [0.05, 0.1) is 24.0 Å². The zero-order valence-electron chi connectivity index (χ0n) is 9.52. The van der Waals surface area contributed by atoms with Crippen molar-refractivity contribution in [3.05, 3.63) is 24.2 Å². The van der Waals surface area contributed by atoms with Crippen LogP contribution in [0.5, 0.6) is 0 Å². The molecule has 0 radical (unpaired) electrons. The summed E-state index contributed by atoms with van der Waals surface area (Å²) < 4.78 is 4.97. The first kappa shape index (κ1) is 11.2. The highest BCUT2D eigenvalue weighted by Gasteiger charge is 2.41.